The van der Waals surface area contributed by atoms with Crippen LogP contribution >= 0.6 is 0 Å². The van der Waals surface area contributed by atoms with Crippen molar-refractivity contribution in [2.45, 2.75) is 23.7 Å². The molecule has 0 bridgehead atoms. The molecule has 3 aromatic rings. The Hall–Kier alpha value is -2.71. The van der Waals surface area contributed by atoms with Crippen LogP contribution in [-0.2, 0) is 10.0 Å². The second-order valence-electron chi connectivity index (χ2n) is 7.35. The van der Waals surface area contributed by atoms with Crippen LogP contribution in [0.1, 0.15) is 24.3 Å². The van der Waals surface area contributed by atoms with Crippen molar-refractivity contribution in [3.63, 3.8) is 0 Å². The minimum absolute atomic E-state index is 0.168. The monoisotopic (exact) mass is 430 g/mol. The highest BCUT2D eigenvalue weighted by Gasteiger charge is 2.32. The maximum atomic E-state index is 13.2. The van der Waals surface area contributed by atoms with Gasteiger partial charge in [-0.2, -0.15) is 4.31 Å². The van der Waals surface area contributed by atoms with Crippen molar-refractivity contribution in [3.8, 4) is 17.2 Å². The largest absolute Gasteiger partial charge is 0.497 e. The van der Waals surface area contributed by atoms with Crippen molar-refractivity contribution in [2.75, 3.05) is 34.4 Å². The Bertz CT molecular complexity index is 1150. The average Bonchev–Trinajstić information content (AvgIpc) is 3.21. The third kappa shape index (κ3) is 3.61. The van der Waals surface area contributed by atoms with Gasteiger partial charge in [0.2, 0.25) is 10.0 Å². The molecule has 0 amide bonds. The number of piperidine rings is 1. The summed E-state index contributed by atoms with van der Waals surface area (Å²) in [5, 5.41) is 1.13. The third-order valence-electron chi connectivity index (χ3n) is 5.80. The van der Waals surface area contributed by atoms with E-state index in [9.17, 15) is 8.42 Å². The van der Waals surface area contributed by atoms with Gasteiger partial charge in [0.25, 0.3) is 0 Å². The molecular formula is C22H26N2O5S. The van der Waals surface area contributed by atoms with Gasteiger partial charge in [0.1, 0.15) is 22.1 Å². The zero-order valence-corrected chi connectivity index (χ0v) is 18.2. The van der Waals surface area contributed by atoms with Crippen LogP contribution in [-0.4, -0.2) is 52.1 Å². The van der Waals surface area contributed by atoms with Gasteiger partial charge in [-0.1, -0.05) is 0 Å². The van der Waals surface area contributed by atoms with Gasteiger partial charge in [0.15, 0.2) is 0 Å². The molecule has 2 heterocycles. The maximum absolute atomic E-state index is 13.2. The topological polar surface area (TPSA) is 80.9 Å². The van der Waals surface area contributed by atoms with Gasteiger partial charge in [-0.15, -0.1) is 0 Å². The lowest BCUT2D eigenvalue weighted by atomic mass is 9.90. The van der Waals surface area contributed by atoms with E-state index in [1.807, 2.05) is 24.4 Å². The highest BCUT2D eigenvalue weighted by Crippen LogP contribution is 2.37. The summed E-state index contributed by atoms with van der Waals surface area (Å²) in [5.41, 5.74) is 2.27. The van der Waals surface area contributed by atoms with E-state index in [1.165, 1.54) is 19.8 Å². The molecule has 0 unspecified atom stereocenters. The number of rotatable bonds is 6. The normalized spacial score (nSPS) is 16.0. The fourth-order valence-corrected chi connectivity index (χ4v) is 5.73. The molecule has 8 heteroatoms. The molecule has 0 radical (unpaired) electrons. The van der Waals surface area contributed by atoms with Gasteiger partial charge in [-0.25, -0.2) is 8.42 Å². The first-order valence-electron chi connectivity index (χ1n) is 9.85. The van der Waals surface area contributed by atoms with Gasteiger partial charge < -0.3 is 19.2 Å². The van der Waals surface area contributed by atoms with E-state index in [1.54, 1.807) is 29.6 Å². The van der Waals surface area contributed by atoms with E-state index in [0.29, 0.717) is 24.6 Å². The molecule has 1 fully saturated rings. The Labute approximate surface area is 176 Å². The van der Waals surface area contributed by atoms with Gasteiger partial charge in [-0.3, -0.25) is 0 Å². The quantitative estimate of drug-likeness (QED) is 0.644. The molecule has 0 atom stereocenters. The number of fused-ring (bicyclic) bond motifs is 1. The van der Waals surface area contributed by atoms with Crippen LogP contribution in [0.4, 0.5) is 0 Å². The highest BCUT2D eigenvalue weighted by atomic mass is 32.2. The third-order valence-corrected chi connectivity index (χ3v) is 7.74. The van der Waals surface area contributed by atoms with Crippen molar-refractivity contribution in [1.29, 1.82) is 0 Å². The molecule has 1 aromatic heterocycles. The molecule has 1 N–H and O–H groups in total. The summed E-state index contributed by atoms with van der Waals surface area (Å²) in [5.74, 6) is 1.95. The van der Waals surface area contributed by atoms with Crippen molar-refractivity contribution in [2.24, 2.45) is 0 Å². The maximum Gasteiger partial charge on any atom is 0.246 e. The predicted molar refractivity (Wildman–Crippen MR) is 115 cm³/mol. The van der Waals surface area contributed by atoms with Crippen LogP contribution in [0.2, 0.25) is 0 Å². The Morgan fingerprint density at radius 3 is 2.27 bits per heavy atom. The molecule has 4 rings (SSSR count). The number of hydrogen-bond acceptors (Lipinski definition) is 5. The smallest absolute Gasteiger partial charge is 0.246 e. The summed E-state index contributed by atoms with van der Waals surface area (Å²) < 4.78 is 43.9. The molecule has 0 spiro atoms. The number of nitrogens with one attached hydrogen (secondary N) is 1. The molecule has 0 saturated carbocycles. The summed E-state index contributed by atoms with van der Waals surface area (Å²) in [6, 6.07) is 10.8. The first-order chi connectivity index (χ1) is 14.5. The van der Waals surface area contributed by atoms with Crippen LogP contribution < -0.4 is 14.2 Å². The zero-order chi connectivity index (χ0) is 21.3. The van der Waals surface area contributed by atoms with Crippen LogP contribution in [0, 0.1) is 0 Å². The standard InChI is InChI=1S/C22H26N2O5S/c1-27-16-4-6-20-18(12-16)19(14-23-20)15-8-10-24(11-9-15)30(25,26)22-7-5-17(28-2)13-21(22)29-3/h4-7,12-15,23H,8-11H2,1-3H3. The molecule has 30 heavy (non-hydrogen) atoms. The van der Waals surface area contributed by atoms with E-state index in [4.69, 9.17) is 14.2 Å². The first kappa shape index (κ1) is 20.6. The van der Waals surface area contributed by atoms with E-state index >= 15 is 0 Å². The fraction of sp³-hybridized carbons (Fsp3) is 0.364. The van der Waals surface area contributed by atoms with Crippen LogP contribution in [0.15, 0.2) is 47.5 Å². The summed E-state index contributed by atoms with van der Waals surface area (Å²) in [4.78, 5) is 3.48. The zero-order valence-electron chi connectivity index (χ0n) is 17.3. The summed E-state index contributed by atoms with van der Waals surface area (Å²) >= 11 is 0. The predicted octanol–water partition coefficient (Wildman–Crippen LogP) is 3.76. The molecule has 2 aromatic carbocycles. The number of H-pyrrole nitrogens is 1. The lowest BCUT2D eigenvalue weighted by molar-refractivity contribution is 0.318. The number of sulfonamides is 1. The molecular weight excluding hydrogens is 404 g/mol. The van der Waals surface area contributed by atoms with Gasteiger partial charge in [-0.05, 0) is 54.7 Å². The number of aromatic amines is 1. The number of benzene rings is 2. The average molecular weight is 431 g/mol. The SMILES string of the molecule is COc1ccc(S(=O)(=O)N2CCC(c3c[nH]c4ccc(OC)cc34)CC2)c(OC)c1. The summed E-state index contributed by atoms with van der Waals surface area (Å²) in [6.07, 6.45) is 3.54. The van der Waals surface area contributed by atoms with Gasteiger partial charge in [0.05, 0.1) is 21.3 Å². The number of methoxy groups -OCH3 is 3. The van der Waals surface area contributed by atoms with E-state index in [-0.39, 0.29) is 10.8 Å². The highest BCUT2D eigenvalue weighted by molar-refractivity contribution is 7.89. The lowest BCUT2D eigenvalue weighted by Crippen LogP contribution is -2.38. The van der Waals surface area contributed by atoms with E-state index in [0.717, 1.165) is 29.5 Å². The van der Waals surface area contributed by atoms with Crippen molar-refractivity contribution < 1.29 is 22.6 Å². The summed E-state index contributed by atoms with van der Waals surface area (Å²) in [6.45, 7) is 0.914. The number of hydrogen-bond donors (Lipinski definition) is 1. The van der Waals surface area contributed by atoms with Gasteiger partial charge >= 0.3 is 0 Å². The van der Waals surface area contributed by atoms with E-state index in [2.05, 4.69) is 4.98 Å². The van der Waals surface area contributed by atoms with Crippen molar-refractivity contribution in [1.82, 2.24) is 9.29 Å². The van der Waals surface area contributed by atoms with Crippen molar-refractivity contribution >= 4 is 20.9 Å². The van der Waals surface area contributed by atoms with Gasteiger partial charge in [0, 0.05) is 36.3 Å². The Kier molecular flexibility index (Phi) is 5.62. The Morgan fingerprint density at radius 1 is 0.933 bits per heavy atom. The summed E-state index contributed by atoms with van der Waals surface area (Å²) in [7, 11) is 1.01. The molecule has 1 saturated heterocycles. The Balaban J connectivity index is 1.55. The molecule has 160 valence electrons. The first-order valence-corrected chi connectivity index (χ1v) is 11.3. The molecule has 1 aliphatic rings. The number of nitrogens with zero attached hydrogens (tertiary/aromatic N) is 1. The van der Waals surface area contributed by atoms with Crippen LogP contribution in [0.3, 0.4) is 0 Å². The van der Waals surface area contributed by atoms with E-state index < -0.39 is 10.0 Å². The lowest BCUT2D eigenvalue weighted by Gasteiger charge is -2.31. The molecule has 0 aliphatic carbocycles. The molecule has 7 nitrogen and oxygen atoms in total. The molecule has 1 aliphatic heterocycles. The minimum atomic E-state index is -3.65. The Morgan fingerprint density at radius 2 is 1.60 bits per heavy atom. The van der Waals surface area contributed by atoms with Crippen LogP contribution in [0.25, 0.3) is 10.9 Å². The number of ether oxygens (including phenoxy) is 3. The fourth-order valence-electron chi connectivity index (χ4n) is 4.12. The van der Waals surface area contributed by atoms with Crippen molar-refractivity contribution in [3.05, 3.63) is 48.2 Å². The number of aromatic nitrogens is 1. The van der Waals surface area contributed by atoms with Crippen LogP contribution in [0.5, 0.6) is 17.2 Å². The second-order valence-corrected chi connectivity index (χ2v) is 9.26. The second kappa shape index (κ2) is 8.20. The minimum Gasteiger partial charge on any atom is -0.497 e.